The number of carbonyl (C=O) groups is 1. The number of carbonyl (C=O) groups excluding carboxylic acids is 1. The molecule has 26 heavy (non-hydrogen) atoms. The van der Waals surface area contributed by atoms with E-state index in [9.17, 15) is 9.18 Å². The van der Waals surface area contributed by atoms with Gasteiger partial charge in [-0.2, -0.15) is 5.10 Å². The predicted octanol–water partition coefficient (Wildman–Crippen LogP) is 4.05. The van der Waals surface area contributed by atoms with Crippen LogP contribution in [0.15, 0.2) is 67.0 Å². The van der Waals surface area contributed by atoms with Crippen LogP contribution in [0.1, 0.15) is 16.7 Å². The third-order valence-electron chi connectivity index (χ3n) is 3.83. The van der Waals surface area contributed by atoms with Crippen molar-refractivity contribution >= 4 is 23.6 Å². The topological polar surface area (TPSA) is 46.9 Å². The standard InChI is InChI=1S/C20H17ClFN3O/c21-18-12-15(6-8-19(18)22)7-9-20(26)23-13-16-4-1-2-5-17(16)14-25-11-3-10-24-25/h1-12H,13-14H2,(H,23,26)/b9-7+. The molecule has 0 saturated carbocycles. The Hall–Kier alpha value is -2.92. The molecule has 0 saturated heterocycles. The molecule has 0 atom stereocenters. The first kappa shape index (κ1) is 17.9. The monoisotopic (exact) mass is 369 g/mol. The van der Waals surface area contributed by atoms with E-state index in [2.05, 4.69) is 10.4 Å². The molecule has 1 N–H and O–H groups in total. The van der Waals surface area contributed by atoms with Gasteiger partial charge in [0.15, 0.2) is 0 Å². The molecule has 0 unspecified atom stereocenters. The minimum Gasteiger partial charge on any atom is -0.348 e. The van der Waals surface area contributed by atoms with Gasteiger partial charge >= 0.3 is 0 Å². The van der Waals surface area contributed by atoms with E-state index in [1.54, 1.807) is 18.3 Å². The SMILES string of the molecule is O=C(/C=C/c1ccc(F)c(Cl)c1)NCc1ccccc1Cn1cccn1. The van der Waals surface area contributed by atoms with Gasteiger partial charge in [-0.25, -0.2) is 4.39 Å². The van der Waals surface area contributed by atoms with Crippen LogP contribution < -0.4 is 5.32 Å². The van der Waals surface area contributed by atoms with E-state index in [4.69, 9.17) is 11.6 Å². The number of nitrogens with zero attached hydrogens (tertiary/aromatic N) is 2. The van der Waals surface area contributed by atoms with E-state index in [-0.39, 0.29) is 10.9 Å². The summed E-state index contributed by atoms with van der Waals surface area (Å²) < 4.78 is 15.0. The van der Waals surface area contributed by atoms with Crippen LogP contribution in [0.5, 0.6) is 0 Å². The molecule has 3 aromatic rings. The minimum absolute atomic E-state index is 0.0279. The lowest BCUT2D eigenvalue weighted by atomic mass is 10.1. The lowest BCUT2D eigenvalue weighted by Crippen LogP contribution is -2.21. The third kappa shape index (κ3) is 4.80. The summed E-state index contributed by atoms with van der Waals surface area (Å²) in [7, 11) is 0. The van der Waals surface area contributed by atoms with Crippen LogP contribution in [-0.2, 0) is 17.9 Å². The molecule has 1 heterocycles. The Morgan fingerprint density at radius 3 is 2.73 bits per heavy atom. The van der Waals surface area contributed by atoms with E-state index in [1.807, 2.05) is 41.2 Å². The van der Waals surface area contributed by atoms with E-state index < -0.39 is 5.82 Å². The highest BCUT2D eigenvalue weighted by atomic mass is 35.5. The summed E-state index contributed by atoms with van der Waals surface area (Å²) >= 11 is 5.73. The van der Waals surface area contributed by atoms with Crippen LogP contribution in [0.4, 0.5) is 4.39 Å². The number of nitrogens with one attached hydrogen (secondary N) is 1. The molecule has 0 spiro atoms. The average Bonchev–Trinajstić information content (AvgIpc) is 3.15. The number of rotatable bonds is 6. The highest BCUT2D eigenvalue weighted by molar-refractivity contribution is 6.30. The zero-order valence-corrected chi connectivity index (χ0v) is 14.7. The van der Waals surface area contributed by atoms with Crippen molar-refractivity contribution in [1.82, 2.24) is 15.1 Å². The molecule has 0 aliphatic rings. The van der Waals surface area contributed by atoms with Gasteiger partial charge in [-0.3, -0.25) is 9.48 Å². The zero-order valence-electron chi connectivity index (χ0n) is 13.9. The Labute approximate surface area is 155 Å². The predicted molar refractivity (Wildman–Crippen MR) is 100 cm³/mol. The Morgan fingerprint density at radius 1 is 1.19 bits per heavy atom. The van der Waals surface area contributed by atoms with Gasteiger partial charge in [0.1, 0.15) is 5.82 Å². The molecule has 0 aliphatic carbocycles. The van der Waals surface area contributed by atoms with Crippen LogP contribution >= 0.6 is 11.6 Å². The molecule has 4 nitrogen and oxygen atoms in total. The van der Waals surface area contributed by atoms with Gasteiger partial charge in [-0.15, -0.1) is 0 Å². The molecule has 6 heteroatoms. The fraction of sp³-hybridized carbons (Fsp3) is 0.100. The van der Waals surface area contributed by atoms with Crippen LogP contribution in [-0.4, -0.2) is 15.7 Å². The summed E-state index contributed by atoms with van der Waals surface area (Å²) in [6, 6.07) is 14.1. The molecular formula is C20H17ClFN3O. The van der Waals surface area contributed by atoms with Gasteiger partial charge < -0.3 is 5.32 Å². The second-order valence-corrected chi connectivity index (χ2v) is 6.10. The Balaban J connectivity index is 1.61. The zero-order chi connectivity index (χ0) is 18.4. The largest absolute Gasteiger partial charge is 0.348 e. The van der Waals surface area contributed by atoms with Crippen molar-refractivity contribution in [1.29, 1.82) is 0 Å². The van der Waals surface area contributed by atoms with Crippen molar-refractivity contribution < 1.29 is 9.18 Å². The first-order valence-corrected chi connectivity index (χ1v) is 8.45. The Bertz CT molecular complexity index is 923. The number of amides is 1. The second kappa shape index (κ2) is 8.45. The molecule has 0 fully saturated rings. The highest BCUT2D eigenvalue weighted by Crippen LogP contribution is 2.16. The molecule has 1 amide bonds. The second-order valence-electron chi connectivity index (χ2n) is 5.70. The molecule has 0 bridgehead atoms. The van der Waals surface area contributed by atoms with Crippen molar-refractivity contribution in [2.45, 2.75) is 13.1 Å². The molecule has 1 aromatic heterocycles. The van der Waals surface area contributed by atoms with Crippen molar-refractivity contribution in [3.63, 3.8) is 0 Å². The molecule has 132 valence electrons. The summed E-state index contributed by atoms with van der Waals surface area (Å²) in [4.78, 5) is 12.0. The molecule has 0 radical (unpaired) electrons. The van der Waals surface area contributed by atoms with E-state index in [0.29, 0.717) is 18.7 Å². The molecular weight excluding hydrogens is 353 g/mol. The van der Waals surface area contributed by atoms with Crippen molar-refractivity contribution in [2.24, 2.45) is 0 Å². The van der Waals surface area contributed by atoms with Crippen LogP contribution in [0, 0.1) is 5.82 Å². The fourth-order valence-electron chi connectivity index (χ4n) is 2.48. The maximum Gasteiger partial charge on any atom is 0.244 e. The third-order valence-corrected chi connectivity index (χ3v) is 4.12. The molecule has 0 aliphatic heterocycles. The van der Waals surface area contributed by atoms with Gasteiger partial charge in [0.25, 0.3) is 0 Å². The van der Waals surface area contributed by atoms with Crippen molar-refractivity contribution in [3.05, 3.63) is 94.5 Å². The van der Waals surface area contributed by atoms with E-state index in [1.165, 1.54) is 18.2 Å². The van der Waals surface area contributed by atoms with Gasteiger partial charge in [-0.05, 0) is 41.0 Å². The van der Waals surface area contributed by atoms with Gasteiger partial charge in [0, 0.05) is 25.0 Å². The maximum atomic E-state index is 13.1. The highest BCUT2D eigenvalue weighted by Gasteiger charge is 2.05. The Kier molecular flexibility index (Phi) is 5.81. The number of aromatic nitrogens is 2. The smallest absolute Gasteiger partial charge is 0.244 e. The summed E-state index contributed by atoms with van der Waals surface area (Å²) in [5.41, 5.74) is 2.77. The number of benzene rings is 2. The number of hydrogen-bond donors (Lipinski definition) is 1. The number of halogens is 2. The molecule has 2 aromatic carbocycles. The van der Waals surface area contributed by atoms with Crippen LogP contribution in [0.3, 0.4) is 0 Å². The maximum absolute atomic E-state index is 13.1. The molecule has 3 rings (SSSR count). The first-order valence-electron chi connectivity index (χ1n) is 8.07. The summed E-state index contributed by atoms with van der Waals surface area (Å²) in [5, 5.41) is 7.09. The first-order chi connectivity index (χ1) is 12.6. The summed E-state index contributed by atoms with van der Waals surface area (Å²) in [6.07, 6.45) is 6.62. The lowest BCUT2D eigenvalue weighted by molar-refractivity contribution is -0.116. The van der Waals surface area contributed by atoms with E-state index >= 15 is 0 Å². The van der Waals surface area contributed by atoms with Crippen LogP contribution in [0.2, 0.25) is 5.02 Å². The minimum atomic E-state index is -0.484. The van der Waals surface area contributed by atoms with E-state index in [0.717, 1.165) is 11.1 Å². The average molecular weight is 370 g/mol. The van der Waals surface area contributed by atoms with Gasteiger partial charge in [0.05, 0.1) is 11.6 Å². The van der Waals surface area contributed by atoms with Crippen molar-refractivity contribution in [2.75, 3.05) is 0 Å². The van der Waals surface area contributed by atoms with Gasteiger partial charge in [-0.1, -0.05) is 41.9 Å². The quantitative estimate of drug-likeness (QED) is 0.666. The Morgan fingerprint density at radius 2 is 2.00 bits per heavy atom. The van der Waals surface area contributed by atoms with Crippen LogP contribution in [0.25, 0.3) is 6.08 Å². The normalized spacial score (nSPS) is 11.0. The summed E-state index contributed by atoms with van der Waals surface area (Å²) in [5.74, 6) is -0.721. The number of hydrogen-bond acceptors (Lipinski definition) is 2. The van der Waals surface area contributed by atoms with Crippen molar-refractivity contribution in [3.8, 4) is 0 Å². The lowest BCUT2D eigenvalue weighted by Gasteiger charge is -2.10. The fourth-order valence-corrected chi connectivity index (χ4v) is 2.67. The summed E-state index contributed by atoms with van der Waals surface area (Å²) in [6.45, 7) is 1.05. The van der Waals surface area contributed by atoms with Gasteiger partial charge in [0.2, 0.25) is 5.91 Å².